The molecule has 194 valence electrons. The molecular formula is C39H28BCl. The molecule has 0 atom stereocenters. The topological polar surface area (TPSA) is 0 Å². The van der Waals surface area contributed by atoms with Gasteiger partial charge in [-0.2, -0.15) is 0 Å². The maximum Gasteiger partial charge on any atom is 0.241 e. The van der Waals surface area contributed by atoms with Gasteiger partial charge in [0.1, 0.15) is 0 Å². The third kappa shape index (κ3) is 4.63. The minimum absolute atomic E-state index is 0.142. The molecule has 0 spiro atoms. The van der Waals surface area contributed by atoms with Crippen LogP contribution in [0.25, 0.3) is 43.8 Å². The van der Waals surface area contributed by atoms with Gasteiger partial charge < -0.3 is 0 Å². The van der Waals surface area contributed by atoms with E-state index < -0.39 is 0 Å². The number of rotatable bonds is 5. The molecule has 7 rings (SSSR count). The lowest BCUT2D eigenvalue weighted by molar-refractivity contribution is 1.47. The lowest BCUT2D eigenvalue weighted by Crippen LogP contribution is -2.52. The Labute approximate surface area is 247 Å². The van der Waals surface area contributed by atoms with Gasteiger partial charge in [0, 0.05) is 5.02 Å². The highest BCUT2D eigenvalue weighted by atomic mass is 35.5. The summed E-state index contributed by atoms with van der Waals surface area (Å²) in [6.07, 6.45) is 0. The van der Waals surface area contributed by atoms with Crippen molar-refractivity contribution in [2.75, 3.05) is 0 Å². The van der Waals surface area contributed by atoms with E-state index in [9.17, 15) is 0 Å². The van der Waals surface area contributed by atoms with Gasteiger partial charge in [-0.1, -0.05) is 168 Å². The highest BCUT2D eigenvalue weighted by molar-refractivity contribution is 6.96. The van der Waals surface area contributed by atoms with Crippen LogP contribution in [0.2, 0.25) is 5.02 Å². The minimum atomic E-state index is 0.142. The largest absolute Gasteiger partial charge is 0.241 e. The first-order chi connectivity index (χ1) is 20.2. The van der Waals surface area contributed by atoms with Crippen LogP contribution in [0.3, 0.4) is 0 Å². The fraction of sp³-hybridized carbons (Fsp3) is 0.0256. The number of halogens is 1. The molecule has 0 fully saturated rings. The van der Waals surface area contributed by atoms with Crippen LogP contribution < -0.4 is 16.4 Å². The molecule has 0 saturated heterocycles. The summed E-state index contributed by atoms with van der Waals surface area (Å²) in [6, 6.07) is 54.7. The van der Waals surface area contributed by atoms with Gasteiger partial charge in [-0.25, -0.2) is 0 Å². The maximum atomic E-state index is 6.30. The lowest BCUT2D eigenvalue weighted by Gasteiger charge is -2.20. The minimum Gasteiger partial charge on any atom is -0.0843 e. The highest BCUT2D eigenvalue weighted by Crippen LogP contribution is 2.39. The Kier molecular flexibility index (Phi) is 6.67. The molecule has 0 aromatic heterocycles. The Morgan fingerprint density at radius 1 is 0.415 bits per heavy atom. The number of aryl methyl sites for hydroxylation is 1. The van der Waals surface area contributed by atoms with Crippen molar-refractivity contribution >= 4 is 56.2 Å². The van der Waals surface area contributed by atoms with E-state index in [2.05, 4.69) is 146 Å². The predicted octanol–water partition coefficient (Wildman–Crippen LogP) is 8.81. The molecular weight excluding hydrogens is 515 g/mol. The molecule has 0 aliphatic rings. The fourth-order valence-corrected chi connectivity index (χ4v) is 6.59. The van der Waals surface area contributed by atoms with Gasteiger partial charge >= 0.3 is 0 Å². The predicted molar refractivity (Wildman–Crippen MR) is 180 cm³/mol. The van der Waals surface area contributed by atoms with E-state index in [0.29, 0.717) is 0 Å². The molecule has 0 unspecified atom stereocenters. The van der Waals surface area contributed by atoms with Gasteiger partial charge in [0.25, 0.3) is 0 Å². The summed E-state index contributed by atoms with van der Waals surface area (Å²) in [5, 5.41) is 5.81. The molecule has 0 aliphatic heterocycles. The molecule has 7 aromatic carbocycles. The Morgan fingerprint density at radius 2 is 0.878 bits per heavy atom. The Hall–Kier alpha value is -4.59. The first-order valence-electron chi connectivity index (χ1n) is 14.1. The normalized spacial score (nSPS) is 11.2. The van der Waals surface area contributed by atoms with Gasteiger partial charge in [-0.15, -0.1) is 0 Å². The third-order valence-electron chi connectivity index (χ3n) is 8.23. The van der Waals surface area contributed by atoms with E-state index >= 15 is 0 Å². The second kappa shape index (κ2) is 10.8. The van der Waals surface area contributed by atoms with Crippen molar-refractivity contribution in [1.29, 1.82) is 0 Å². The Balaban J connectivity index is 1.45. The average Bonchev–Trinajstić information content (AvgIpc) is 3.02. The van der Waals surface area contributed by atoms with E-state index in [1.807, 2.05) is 12.1 Å². The zero-order valence-electron chi connectivity index (χ0n) is 22.9. The van der Waals surface area contributed by atoms with Crippen LogP contribution in [0.5, 0.6) is 0 Å². The molecule has 0 saturated carbocycles. The Morgan fingerprint density at radius 3 is 1.51 bits per heavy atom. The van der Waals surface area contributed by atoms with E-state index in [4.69, 9.17) is 11.6 Å². The summed E-state index contributed by atoms with van der Waals surface area (Å²) in [5.74, 6) is 0. The van der Waals surface area contributed by atoms with Crippen LogP contribution in [0.1, 0.15) is 5.56 Å². The first-order valence-corrected chi connectivity index (χ1v) is 14.5. The molecule has 0 aliphatic carbocycles. The van der Waals surface area contributed by atoms with Gasteiger partial charge in [-0.3, -0.25) is 0 Å². The number of fused-ring (bicyclic) bond motifs is 2. The highest BCUT2D eigenvalue weighted by Gasteiger charge is 2.24. The quantitative estimate of drug-likeness (QED) is 0.191. The maximum absolute atomic E-state index is 6.30. The van der Waals surface area contributed by atoms with E-state index in [1.165, 1.54) is 65.8 Å². The zero-order valence-corrected chi connectivity index (χ0v) is 23.6. The lowest BCUT2D eigenvalue weighted by atomic mass is 9.36. The monoisotopic (exact) mass is 542 g/mol. The molecule has 0 nitrogen and oxygen atoms in total. The molecule has 0 heterocycles. The van der Waals surface area contributed by atoms with Gasteiger partial charge in [0.05, 0.1) is 0 Å². The van der Waals surface area contributed by atoms with E-state index in [0.717, 1.165) is 5.02 Å². The third-order valence-corrected chi connectivity index (χ3v) is 8.46. The van der Waals surface area contributed by atoms with Crippen LogP contribution in [-0.2, 0) is 0 Å². The van der Waals surface area contributed by atoms with Crippen molar-refractivity contribution in [3.05, 3.63) is 162 Å². The standard InChI is InChI=1S/C39H28BCl/c1-27-26-30(41)22-23-31(27)36-24-25-37(33-17-9-8-16-32(33)36)34-18-10-20-38-35(34)19-11-21-39(38)40(28-12-4-2-5-13-28)29-14-6-3-7-15-29/h2-26H,1H3. The van der Waals surface area contributed by atoms with Gasteiger partial charge in [0.15, 0.2) is 0 Å². The second-order valence-corrected chi connectivity index (χ2v) is 11.1. The van der Waals surface area contributed by atoms with Crippen molar-refractivity contribution in [2.45, 2.75) is 6.92 Å². The molecule has 0 N–H and O–H groups in total. The van der Waals surface area contributed by atoms with E-state index in [1.54, 1.807) is 0 Å². The van der Waals surface area contributed by atoms with E-state index in [-0.39, 0.29) is 6.71 Å². The molecule has 2 heteroatoms. The van der Waals surface area contributed by atoms with Gasteiger partial charge in [-0.05, 0) is 68.4 Å². The smallest absolute Gasteiger partial charge is 0.0843 e. The Bertz CT molecular complexity index is 1970. The molecule has 0 amide bonds. The summed E-state index contributed by atoms with van der Waals surface area (Å²) >= 11 is 6.30. The van der Waals surface area contributed by atoms with Crippen LogP contribution >= 0.6 is 11.6 Å². The van der Waals surface area contributed by atoms with Crippen LogP contribution in [0.15, 0.2) is 152 Å². The van der Waals surface area contributed by atoms with Crippen LogP contribution in [0, 0.1) is 6.92 Å². The average molecular weight is 543 g/mol. The SMILES string of the molecule is Cc1cc(Cl)ccc1-c1ccc(-c2cccc3c(B(c4ccccc4)c4ccccc4)cccc23)c2ccccc12. The van der Waals surface area contributed by atoms with Crippen LogP contribution in [-0.4, -0.2) is 6.71 Å². The number of benzene rings is 7. The van der Waals surface area contributed by atoms with Crippen molar-refractivity contribution < 1.29 is 0 Å². The fourth-order valence-electron chi connectivity index (χ4n) is 6.36. The number of hydrogen-bond acceptors (Lipinski definition) is 0. The summed E-state index contributed by atoms with van der Waals surface area (Å²) in [5.41, 5.74) is 10.0. The molecule has 0 radical (unpaired) electrons. The van der Waals surface area contributed by atoms with Crippen molar-refractivity contribution in [1.82, 2.24) is 0 Å². The van der Waals surface area contributed by atoms with Crippen molar-refractivity contribution in [3.8, 4) is 22.3 Å². The summed E-state index contributed by atoms with van der Waals surface area (Å²) in [6.45, 7) is 2.27. The summed E-state index contributed by atoms with van der Waals surface area (Å²) < 4.78 is 0. The van der Waals surface area contributed by atoms with Crippen molar-refractivity contribution in [3.63, 3.8) is 0 Å². The molecule has 7 aromatic rings. The molecule has 41 heavy (non-hydrogen) atoms. The van der Waals surface area contributed by atoms with Crippen molar-refractivity contribution in [2.24, 2.45) is 0 Å². The first kappa shape index (κ1) is 25.4. The second-order valence-electron chi connectivity index (χ2n) is 10.7. The van der Waals surface area contributed by atoms with Gasteiger partial charge in [0.2, 0.25) is 6.71 Å². The zero-order chi connectivity index (χ0) is 27.8. The number of hydrogen-bond donors (Lipinski definition) is 0. The molecule has 0 bridgehead atoms. The summed E-state index contributed by atoms with van der Waals surface area (Å²) in [7, 11) is 0. The van der Waals surface area contributed by atoms with Crippen LogP contribution in [0.4, 0.5) is 0 Å². The summed E-state index contributed by atoms with van der Waals surface area (Å²) in [4.78, 5) is 0.